The maximum absolute atomic E-state index is 10.4. The zero-order chi connectivity index (χ0) is 7.82. The van der Waals surface area contributed by atoms with E-state index in [1.165, 1.54) is 0 Å². The summed E-state index contributed by atoms with van der Waals surface area (Å²) >= 11 is -0.472. The molecule has 0 bridgehead atoms. The number of piperidine rings is 1. The second-order valence-corrected chi connectivity index (χ2v) is 5.12. The SMILES string of the molecule is N.O=C1CCNCC1.[Cl][Pt][Cl]. The molecule has 1 aliphatic heterocycles. The van der Waals surface area contributed by atoms with Crippen molar-refractivity contribution >= 4 is 24.6 Å². The summed E-state index contributed by atoms with van der Waals surface area (Å²) in [5, 5.41) is 3.09. The molecule has 72 valence electrons. The molecule has 1 aliphatic rings. The van der Waals surface area contributed by atoms with Gasteiger partial charge in [-0.15, -0.1) is 0 Å². The van der Waals surface area contributed by atoms with Gasteiger partial charge in [0.05, 0.1) is 0 Å². The van der Waals surface area contributed by atoms with E-state index in [0.717, 1.165) is 25.9 Å². The van der Waals surface area contributed by atoms with Crippen molar-refractivity contribution in [3.05, 3.63) is 0 Å². The Balaban J connectivity index is 0. The van der Waals surface area contributed by atoms with E-state index in [1.807, 2.05) is 0 Å². The second-order valence-electron chi connectivity index (χ2n) is 1.83. The van der Waals surface area contributed by atoms with Gasteiger partial charge in [0.2, 0.25) is 0 Å². The molecule has 0 unspecified atom stereocenters. The van der Waals surface area contributed by atoms with Crippen molar-refractivity contribution < 1.29 is 21.3 Å². The fourth-order valence-corrected chi connectivity index (χ4v) is 0.706. The number of carbonyl (C=O) groups is 1. The molecule has 4 N–H and O–H groups in total. The van der Waals surface area contributed by atoms with Crippen LogP contribution in [0.25, 0.3) is 0 Å². The van der Waals surface area contributed by atoms with Gasteiger partial charge in [-0.05, 0) is 0 Å². The minimum absolute atomic E-state index is 0. The molecule has 0 spiro atoms. The first kappa shape index (κ1) is 14.4. The monoisotopic (exact) mass is 381 g/mol. The van der Waals surface area contributed by atoms with Crippen LogP contribution < -0.4 is 11.5 Å². The summed E-state index contributed by atoms with van der Waals surface area (Å²) in [5.74, 6) is 0.402. The van der Waals surface area contributed by atoms with Crippen LogP contribution >= 0.6 is 18.8 Å². The average Bonchev–Trinajstić information content (AvgIpc) is 1.91. The number of hydrogen-bond acceptors (Lipinski definition) is 3. The molecular formula is C5H12Cl2N2OPt. The summed E-state index contributed by atoms with van der Waals surface area (Å²) in [7, 11) is 9.75. The molecule has 0 aromatic heterocycles. The van der Waals surface area contributed by atoms with Crippen LogP contribution in [0.4, 0.5) is 0 Å². The second kappa shape index (κ2) is 10.9. The van der Waals surface area contributed by atoms with Crippen LogP contribution in [0.5, 0.6) is 0 Å². The molecule has 11 heavy (non-hydrogen) atoms. The average molecular weight is 382 g/mol. The van der Waals surface area contributed by atoms with Crippen LogP contribution in [0, 0.1) is 0 Å². The molecule has 1 heterocycles. The molecule has 6 heteroatoms. The van der Waals surface area contributed by atoms with Gasteiger partial charge in [-0.3, -0.25) is 4.79 Å². The number of Topliss-reactive ketones (excluding diaryl/α,β-unsaturated/α-hetero) is 1. The predicted octanol–water partition coefficient (Wildman–Crippen LogP) is 1.48. The maximum atomic E-state index is 10.4. The molecule has 0 aromatic carbocycles. The summed E-state index contributed by atoms with van der Waals surface area (Å²) < 4.78 is 0. The van der Waals surface area contributed by atoms with Crippen molar-refractivity contribution in [3.8, 4) is 0 Å². The normalized spacial score (nSPS) is 16.4. The Morgan fingerprint density at radius 2 is 1.64 bits per heavy atom. The summed E-state index contributed by atoms with van der Waals surface area (Å²) in [6, 6.07) is 0. The molecule has 1 fully saturated rings. The Labute approximate surface area is 83.2 Å². The van der Waals surface area contributed by atoms with Crippen molar-refractivity contribution in [1.82, 2.24) is 11.5 Å². The molecule has 0 aromatic rings. The van der Waals surface area contributed by atoms with Crippen LogP contribution in [0.2, 0.25) is 0 Å². The third-order valence-electron chi connectivity index (χ3n) is 1.16. The molecule has 0 radical (unpaired) electrons. The molecule has 0 atom stereocenters. The quantitative estimate of drug-likeness (QED) is 0.667. The van der Waals surface area contributed by atoms with Gasteiger partial charge in [-0.25, -0.2) is 0 Å². The number of nitrogens with one attached hydrogen (secondary N) is 1. The van der Waals surface area contributed by atoms with Gasteiger partial charge in [0.1, 0.15) is 5.78 Å². The number of carbonyl (C=O) groups excluding carboxylic acids is 1. The summed E-state index contributed by atoms with van der Waals surface area (Å²) in [4.78, 5) is 10.4. The van der Waals surface area contributed by atoms with Gasteiger partial charge in [0.25, 0.3) is 0 Å². The third kappa shape index (κ3) is 10.9. The minimum atomic E-state index is -0.472. The molecule has 0 amide bonds. The summed E-state index contributed by atoms with van der Waals surface area (Å²) in [6.45, 7) is 1.78. The van der Waals surface area contributed by atoms with Gasteiger partial charge in [-0.2, -0.15) is 0 Å². The van der Waals surface area contributed by atoms with Crippen molar-refractivity contribution in [2.45, 2.75) is 12.8 Å². The van der Waals surface area contributed by atoms with E-state index in [4.69, 9.17) is 18.8 Å². The van der Waals surface area contributed by atoms with E-state index in [-0.39, 0.29) is 6.15 Å². The molecule has 1 saturated heterocycles. The van der Waals surface area contributed by atoms with Crippen LogP contribution in [0.1, 0.15) is 12.8 Å². The van der Waals surface area contributed by atoms with E-state index < -0.39 is 16.5 Å². The van der Waals surface area contributed by atoms with Gasteiger partial charge in [0.15, 0.2) is 0 Å². The Hall–Kier alpha value is 0.858. The Bertz CT molecular complexity index is 96.5. The first-order valence-electron chi connectivity index (χ1n) is 2.86. The summed E-state index contributed by atoms with van der Waals surface area (Å²) in [5.41, 5.74) is 0. The topological polar surface area (TPSA) is 64.1 Å². The van der Waals surface area contributed by atoms with Crippen molar-refractivity contribution in [2.24, 2.45) is 0 Å². The molecule has 0 saturated carbocycles. The van der Waals surface area contributed by atoms with Gasteiger partial charge in [-0.1, -0.05) is 0 Å². The molecule has 0 aliphatic carbocycles. The Morgan fingerprint density at radius 3 is 1.82 bits per heavy atom. The fraction of sp³-hybridized carbons (Fsp3) is 0.800. The first-order valence-corrected chi connectivity index (χ1v) is 8.49. The zero-order valence-electron chi connectivity index (χ0n) is 6.02. The van der Waals surface area contributed by atoms with Crippen molar-refractivity contribution in [3.63, 3.8) is 0 Å². The molecular weight excluding hydrogens is 370 g/mol. The molecule has 3 nitrogen and oxygen atoms in total. The Kier molecular flexibility index (Phi) is 14.2. The van der Waals surface area contributed by atoms with Crippen LogP contribution in [0.3, 0.4) is 0 Å². The van der Waals surface area contributed by atoms with Gasteiger partial charge < -0.3 is 11.5 Å². The van der Waals surface area contributed by atoms with Crippen LogP contribution in [-0.2, 0) is 21.3 Å². The van der Waals surface area contributed by atoms with Crippen molar-refractivity contribution in [2.75, 3.05) is 13.1 Å². The number of halogens is 2. The number of rotatable bonds is 0. The van der Waals surface area contributed by atoms with E-state index in [0.29, 0.717) is 5.78 Å². The van der Waals surface area contributed by atoms with Gasteiger partial charge >= 0.3 is 35.3 Å². The van der Waals surface area contributed by atoms with E-state index in [9.17, 15) is 4.79 Å². The number of ketones is 1. The fourth-order valence-electron chi connectivity index (χ4n) is 0.706. The number of hydrogen-bond donors (Lipinski definition) is 2. The predicted molar refractivity (Wildman–Crippen MR) is 43.8 cm³/mol. The zero-order valence-corrected chi connectivity index (χ0v) is 9.80. The van der Waals surface area contributed by atoms with E-state index in [2.05, 4.69) is 5.32 Å². The van der Waals surface area contributed by atoms with Crippen LogP contribution in [0.15, 0.2) is 0 Å². The summed E-state index contributed by atoms with van der Waals surface area (Å²) in [6.07, 6.45) is 1.47. The third-order valence-corrected chi connectivity index (χ3v) is 1.16. The standard InChI is InChI=1S/C5H9NO.2ClH.H3N.Pt/c7-5-1-3-6-4-2-5;;;;/h6H,1-4H2;2*1H;1H3;/q;;;;+2/p-2. The Morgan fingerprint density at radius 1 is 1.27 bits per heavy atom. The van der Waals surface area contributed by atoms with E-state index >= 15 is 0 Å². The van der Waals surface area contributed by atoms with E-state index in [1.54, 1.807) is 0 Å². The first-order chi connectivity index (χ1) is 4.81. The van der Waals surface area contributed by atoms with Crippen molar-refractivity contribution in [1.29, 1.82) is 0 Å². The van der Waals surface area contributed by atoms with Gasteiger partial charge in [0, 0.05) is 25.9 Å². The molecule has 1 rings (SSSR count). The van der Waals surface area contributed by atoms with Crippen LogP contribution in [-0.4, -0.2) is 18.9 Å².